The van der Waals surface area contributed by atoms with Gasteiger partial charge in [0.25, 0.3) is 0 Å². The molecule has 3 heterocycles. The maximum atomic E-state index is 13.9. The van der Waals surface area contributed by atoms with Gasteiger partial charge in [-0.3, -0.25) is 14.3 Å². The third kappa shape index (κ3) is 8.71. The highest BCUT2D eigenvalue weighted by Crippen LogP contribution is 2.60. The van der Waals surface area contributed by atoms with Crippen molar-refractivity contribution in [3.05, 3.63) is 29.0 Å². The van der Waals surface area contributed by atoms with Gasteiger partial charge < -0.3 is 23.8 Å². The summed E-state index contributed by atoms with van der Waals surface area (Å²) in [7, 11) is 1.07. The number of morpholine rings is 1. The van der Waals surface area contributed by atoms with Crippen molar-refractivity contribution in [2.24, 2.45) is 11.3 Å². The highest BCUT2D eigenvalue weighted by Gasteiger charge is 2.54. The number of fused-ring (bicyclic) bond motifs is 3. The minimum atomic E-state index is -1.30. The fourth-order valence-corrected chi connectivity index (χ4v) is 9.05. The summed E-state index contributed by atoms with van der Waals surface area (Å²) in [6.45, 7) is 24.1. The van der Waals surface area contributed by atoms with Crippen LogP contribution in [0.15, 0.2) is 12.1 Å². The van der Waals surface area contributed by atoms with Gasteiger partial charge in [0.1, 0.15) is 19.2 Å². The minimum Gasteiger partial charge on any atom is -0.380 e. The Hall–Kier alpha value is -2.40. The molecule has 1 saturated heterocycles. The van der Waals surface area contributed by atoms with Gasteiger partial charge in [-0.05, 0) is 61.7 Å². The molecule has 3 aliphatic rings. The van der Waals surface area contributed by atoms with Crippen molar-refractivity contribution in [3.8, 4) is 11.5 Å². The third-order valence-electron chi connectivity index (χ3n) is 11.3. The van der Waals surface area contributed by atoms with Crippen molar-refractivity contribution in [1.29, 1.82) is 0 Å². The van der Waals surface area contributed by atoms with E-state index >= 15 is 0 Å². The molecule has 1 saturated carbocycles. The Labute approximate surface area is 307 Å². The molecule has 1 amide bonds. The van der Waals surface area contributed by atoms with E-state index in [-0.39, 0.29) is 11.9 Å². The molecule has 1 aliphatic heterocycles. The average Bonchev–Trinajstić information content (AvgIpc) is 3.43. The van der Waals surface area contributed by atoms with Crippen LogP contribution in [-0.2, 0) is 56.7 Å². The van der Waals surface area contributed by atoms with Gasteiger partial charge in [0.15, 0.2) is 5.82 Å². The molecule has 1 unspecified atom stereocenters. The molecule has 0 N–H and O–H groups in total. The fourth-order valence-electron chi connectivity index (χ4n) is 7.54. The van der Waals surface area contributed by atoms with Crippen LogP contribution in [0.5, 0.6) is 0 Å². The molecule has 3 aromatic rings. The topological polar surface area (TPSA) is 96.1 Å². The molecule has 51 heavy (non-hydrogen) atoms. The number of ether oxygens (including phenoxy) is 4. The third-order valence-corrected chi connectivity index (χ3v) is 14.7. The molecule has 2 fully saturated rings. The summed E-state index contributed by atoms with van der Waals surface area (Å²) < 4.78 is 28.4. The first-order valence-electron chi connectivity index (χ1n) is 18.9. The number of likely N-dealkylation sites (N-methyl/N-ethyl adjacent to an activating group) is 1. The molecule has 0 radical (unpaired) electrons. The van der Waals surface area contributed by atoms with E-state index in [4.69, 9.17) is 29.0 Å². The van der Waals surface area contributed by atoms with E-state index in [0.717, 1.165) is 78.4 Å². The molecule has 2 aromatic heterocycles. The predicted molar refractivity (Wildman–Crippen MR) is 209 cm³/mol. The molecule has 11 nitrogen and oxygen atoms in total. The highest BCUT2D eigenvalue weighted by atomic mass is 28.3. The van der Waals surface area contributed by atoms with Gasteiger partial charge in [-0.1, -0.05) is 46.2 Å². The first-order chi connectivity index (χ1) is 24.1. The lowest BCUT2D eigenvalue weighted by atomic mass is 9.87. The summed E-state index contributed by atoms with van der Waals surface area (Å²) in [6.07, 6.45) is 3.26. The molecule has 6 rings (SSSR count). The van der Waals surface area contributed by atoms with Crippen LogP contribution < -0.4 is 4.90 Å². The van der Waals surface area contributed by atoms with Gasteiger partial charge in [0.05, 0.1) is 36.9 Å². The van der Waals surface area contributed by atoms with Gasteiger partial charge >= 0.3 is 0 Å². The quantitative estimate of drug-likeness (QED) is 0.122. The fraction of sp³-hybridized carbons (Fsp3) is 0.711. The predicted octanol–water partition coefficient (Wildman–Crippen LogP) is 6.48. The second-order valence-electron chi connectivity index (χ2n) is 17.9. The van der Waals surface area contributed by atoms with E-state index in [0.29, 0.717) is 51.2 Å². The Balaban J connectivity index is 1.41. The van der Waals surface area contributed by atoms with Crippen LogP contribution in [0.2, 0.25) is 51.4 Å². The van der Waals surface area contributed by atoms with Crippen LogP contribution in [0.4, 0.5) is 5.69 Å². The lowest BCUT2D eigenvalue weighted by Gasteiger charge is -2.33. The zero-order valence-corrected chi connectivity index (χ0v) is 34.9. The van der Waals surface area contributed by atoms with Crippen LogP contribution in [0.25, 0.3) is 22.6 Å². The second kappa shape index (κ2) is 15.2. The monoisotopic (exact) mass is 738 g/mol. The molecule has 0 bridgehead atoms. The van der Waals surface area contributed by atoms with E-state index in [1.54, 1.807) is 12.0 Å². The van der Waals surface area contributed by atoms with Crippen molar-refractivity contribution in [1.82, 2.24) is 24.2 Å². The zero-order chi connectivity index (χ0) is 36.7. The van der Waals surface area contributed by atoms with Crippen LogP contribution in [0, 0.1) is 11.3 Å². The molecular formula is C38H62N6O5Si2. The largest absolute Gasteiger partial charge is 0.380 e. The molecular weight excluding hydrogens is 677 g/mol. The van der Waals surface area contributed by atoms with E-state index in [9.17, 15) is 4.79 Å². The summed E-state index contributed by atoms with van der Waals surface area (Å²) >= 11 is 0. The molecule has 282 valence electrons. The van der Waals surface area contributed by atoms with Crippen molar-refractivity contribution >= 4 is 38.8 Å². The number of methoxy groups -OCH3 is 1. The van der Waals surface area contributed by atoms with Gasteiger partial charge in [0.2, 0.25) is 5.91 Å². The first kappa shape index (κ1) is 38.3. The first-order valence-corrected chi connectivity index (χ1v) is 26.4. The van der Waals surface area contributed by atoms with Crippen molar-refractivity contribution in [2.45, 2.75) is 111 Å². The summed E-state index contributed by atoms with van der Waals surface area (Å²) in [5.74, 6) is 1.53. The van der Waals surface area contributed by atoms with Crippen LogP contribution in [0.1, 0.15) is 37.1 Å². The summed E-state index contributed by atoms with van der Waals surface area (Å²) in [6, 6.07) is 6.09. The number of rotatable bonds is 16. The summed E-state index contributed by atoms with van der Waals surface area (Å²) in [5.41, 5.74) is 7.37. The van der Waals surface area contributed by atoms with Crippen LogP contribution in [0.3, 0.4) is 0 Å². The molecule has 1 aromatic carbocycles. The average molecular weight is 739 g/mol. The van der Waals surface area contributed by atoms with Crippen molar-refractivity contribution in [3.63, 3.8) is 0 Å². The second-order valence-corrected chi connectivity index (χ2v) is 29.1. The lowest BCUT2D eigenvalue weighted by Crippen LogP contribution is -2.50. The SMILES string of the molecule is COCc1cc(N(C)C(=O)C(C)N2CCOCC2)cc2c1nc(-c1nn(COCC[Si](C)(C)C)c3c1C[C@@H]1C[C@]1(C)C3)n2COCC[Si](C)(C)C. The lowest BCUT2D eigenvalue weighted by molar-refractivity contribution is -0.124. The number of hydrogen-bond acceptors (Lipinski definition) is 8. The number of aromatic nitrogens is 4. The van der Waals surface area contributed by atoms with Crippen LogP contribution >= 0.6 is 0 Å². The summed E-state index contributed by atoms with van der Waals surface area (Å²) in [5, 5.41) is 5.30. The Kier molecular flexibility index (Phi) is 11.4. The van der Waals surface area contributed by atoms with Gasteiger partial charge in [-0.15, -0.1) is 0 Å². The smallest absolute Gasteiger partial charge is 0.243 e. The maximum Gasteiger partial charge on any atom is 0.243 e. The Morgan fingerprint density at radius 2 is 1.73 bits per heavy atom. The van der Waals surface area contributed by atoms with Crippen molar-refractivity contribution in [2.75, 3.05) is 58.6 Å². The van der Waals surface area contributed by atoms with E-state index < -0.39 is 16.1 Å². The van der Waals surface area contributed by atoms with Crippen molar-refractivity contribution < 1.29 is 23.7 Å². The number of hydrogen-bond donors (Lipinski definition) is 0. The number of imidazole rings is 1. The van der Waals surface area contributed by atoms with Crippen LogP contribution in [-0.4, -0.2) is 106 Å². The number of nitrogens with zero attached hydrogens (tertiary/aromatic N) is 6. The zero-order valence-electron chi connectivity index (χ0n) is 32.9. The standard InChI is InChI=1S/C38H62N6O5Si2/c1-27(42-11-13-47-14-12-42)37(45)41(3)30-19-28(24-46-4)34-32(21-30)43(25-48-15-17-50(5,6)7)36(39-34)35-31-20-29-22-38(29,2)23-33(31)44(40-35)26-49-16-18-51(8,9)10/h19,21,27,29H,11-18,20,22-26H2,1-10H3/t27?,29-,38-/m1/s1. The molecule has 3 atom stereocenters. The number of benzene rings is 1. The van der Waals surface area contributed by atoms with Gasteiger partial charge in [0, 0.05) is 79.1 Å². The number of carbonyl (C=O) groups excluding carboxylic acids is 1. The normalized spacial score (nSPS) is 21.5. The molecule has 13 heteroatoms. The number of anilines is 1. The Morgan fingerprint density at radius 3 is 2.37 bits per heavy atom. The summed E-state index contributed by atoms with van der Waals surface area (Å²) in [4.78, 5) is 23.2. The molecule has 2 aliphatic carbocycles. The molecule has 0 spiro atoms. The Bertz CT molecular complexity index is 1710. The van der Waals surface area contributed by atoms with E-state index in [1.165, 1.54) is 17.7 Å². The highest BCUT2D eigenvalue weighted by molar-refractivity contribution is 6.76. The Morgan fingerprint density at radius 1 is 1.06 bits per heavy atom. The number of carbonyl (C=O) groups is 1. The van der Waals surface area contributed by atoms with Gasteiger partial charge in [-0.2, -0.15) is 5.10 Å². The van der Waals surface area contributed by atoms with Gasteiger partial charge in [-0.25, -0.2) is 9.67 Å². The number of amides is 1. The van der Waals surface area contributed by atoms with E-state index in [2.05, 4.69) is 72.5 Å². The minimum absolute atomic E-state index is 0.0479. The van der Waals surface area contributed by atoms with E-state index in [1.807, 2.05) is 14.0 Å². The maximum absolute atomic E-state index is 13.9.